The van der Waals surface area contributed by atoms with Gasteiger partial charge in [0.05, 0.1) is 0 Å². The van der Waals surface area contributed by atoms with Crippen molar-refractivity contribution in [2.24, 2.45) is 0 Å². The summed E-state index contributed by atoms with van der Waals surface area (Å²) in [6, 6.07) is 15.9. The Bertz CT molecular complexity index is 1040. The van der Waals surface area contributed by atoms with Gasteiger partial charge in [0.15, 0.2) is 6.10 Å². The number of hydrogen-bond donors (Lipinski definition) is 2. The van der Waals surface area contributed by atoms with E-state index in [-0.39, 0.29) is 11.7 Å². The van der Waals surface area contributed by atoms with Crippen LogP contribution in [-0.4, -0.2) is 24.2 Å². The van der Waals surface area contributed by atoms with E-state index >= 15 is 0 Å². The minimum absolute atomic E-state index is 0.171. The van der Waals surface area contributed by atoms with Crippen molar-refractivity contribution in [1.29, 1.82) is 0 Å². The molecule has 0 saturated carbocycles. The maximum absolute atomic E-state index is 11.7. The van der Waals surface area contributed by atoms with Gasteiger partial charge in [-0.1, -0.05) is 53.0 Å². The van der Waals surface area contributed by atoms with Crippen LogP contribution in [0.1, 0.15) is 18.1 Å². The number of amides is 1. The first-order valence-electron chi connectivity index (χ1n) is 9.22. The highest BCUT2D eigenvalue weighted by Gasteiger charge is 2.16. The van der Waals surface area contributed by atoms with Crippen molar-refractivity contribution in [3.63, 3.8) is 0 Å². The molecule has 7 heteroatoms. The Kier molecular flexibility index (Phi) is 7.14. The Labute approximate surface area is 190 Å². The van der Waals surface area contributed by atoms with Crippen LogP contribution in [0.15, 0.2) is 54.6 Å². The minimum atomic E-state index is -0.674. The van der Waals surface area contributed by atoms with Crippen LogP contribution in [0.4, 0.5) is 0 Å². The van der Waals surface area contributed by atoms with Crippen molar-refractivity contribution in [1.82, 2.24) is 5.32 Å². The number of halogens is 3. The Hall–Kier alpha value is -2.40. The third-order valence-corrected chi connectivity index (χ3v) is 5.57. The van der Waals surface area contributed by atoms with Gasteiger partial charge in [-0.15, -0.1) is 0 Å². The lowest BCUT2D eigenvalue weighted by Gasteiger charge is -2.16. The van der Waals surface area contributed by atoms with Crippen molar-refractivity contribution in [2.75, 3.05) is 7.05 Å². The number of likely N-dealkylation sites (N-methyl/N-ethyl adjacent to an activating group) is 1. The van der Waals surface area contributed by atoms with E-state index < -0.39 is 6.10 Å². The maximum atomic E-state index is 11.7. The zero-order chi connectivity index (χ0) is 21.8. The van der Waals surface area contributed by atoms with E-state index in [4.69, 9.17) is 39.5 Å². The average molecular weight is 465 g/mol. The molecule has 4 nitrogen and oxygen atoms in total. The second-order valence-corrected chi connectivity index (χ2v) is 8.03. The molecule has 3 rings (SSSR count). The molecule has 1 amide bonds. The van der Waals surface area contributed by atoms with Gasteiger partial charge in [0, 0.05) is 34.1 Å². The highest BCUT2D eigenvalue weighted by atomic mass is 35.5. The van der Waals surface area contributed by atoms with Crippen LogP contribution in [-0.2, 0) is 11.2 Å². The van der Waals surface area contributed by atoms with Crippen molar-refractivity contribution >= 4 is 40.7 Å². The highest BCUT2D eigenvalue weighted by molar-refractivity contribution is 6.36. The fourth-order valence-corrected chi connectivity index (χ4v) is 3.76. The summed E-state index contributed by atoms with van der Waals surface area (Å²) >= 11 is 18.9. The number of phenolic OH excluding ortho intramolecular Hbond substituents is 1. The molecule has 0 radical (unpaired) electrons. The third-order valence-electron chi connectivity index (χ3n) is 4.64. The lowest BCUT2D eigenvalue weighted by atomic mass is 9.98. The Morgan fingerprint density at radius 3 is 2.27 bits per heavy atom. The van der Waals surface area contributed by atoms with Crippen molar-refractivity contribution in [2.45, 2.75) is 19.4 Å². The molecular weight excluding hydrogens is 445 g/mol. The predicted molar refractivity (Wildman–Crippen MR) is 122 cm³/mol. The average Bonchev–Trinajstić information content (AvgIpc) is 2.72. The summed E-state index contributed by atoms with van der Waals surface area (Å²) in [6.07, 6.45) is -0.212. The Morgan fingerprint density at radius 2 is 1.67 bits per heavy atom. The highest BCUT2D eigenvalue weighted by Crippen LogP contribution is 2.35. The van der Waals surface area contributed by atoms with Crippen molar-refractivity contribution in [3.05, 3.63) is 80.8 Å². The molecule has 0 aromatic heterocycles. The van der Waals surface area contributed by atoms with Crippen LogP contribution in [0.5, 0.6) is 11.5 Å². The van der Waals surface area contributed by atoms with Crippen LogP contribution in [0.3, 0.4) is 0 Å². The number of benzene rings is 3. The first-order chi connectivity index (χ1) is 14.3. The van der Waals surface area contributed by atoms with E-state index in [1.807, 2.05) is 24.3 Å². The van der Waals surface area contributed by atoms with Gasteiger partial charge in [0.25, 0.3) is 5.91 Å². The molecule has 0 aliphatic heterocycles. The number of rotatable bonds is 6. The Balaban J connectivity index is 1.87. The van der Waals surface area contributed by atoms with Crippen LogP contribution in [0, 0.1) is 0 Å². The summed E-state index contributed by atoms with van der Waals surface area (Å²) in [7, 11) is 1.54. The molecule has 0 fully saturated rings. The van der Waals surface area contributed by atoms with Crippen molar-refractivity contribution < 1.29 is 14.6 Å². The first-order valence-corrected chi connectivity index (χ1v) is 10.4. The summed E-state index contributed by atoms with van der Waals surface area (Å²) in [5.41, 5.74) is 3.19. The van der Waals surface area contributed by atoms with E-state index in [1.54, 1.807) is 44.3 Å². The molecule has 2 N–H and O–H groups in total. The van der Waals surface area contributed by atoms with Gasteiger partial charge in [-0.05, 0) is 60.0 Å². The molecule has 0 unspecified atom stereocenters. The standard InChI is InChI=1S/C23H20Cl3NO3/c1-13(23(29)27-2)30-17-11-20(25)19(21(26)12-17)10-14-3-8-22(28)18(9-14)15-4-6-16(24)7-5-15/h3-9,11-13,28H,10H2,1-2H3,(H,27,29)/t13-/m0/s1. The molecule has 0 spiro atoms. The largest absolute Gasteiger partial charge is 0.507 e. The monoisotopic (exact) mass is 463 g/mol. The van der Waals surface area contributed by atoms with Gasteiger partial charge >= 0.3 is 0 Å². The van der Waals surface area contributed by atoms with Gasteiger partial charge < -0.3 is 15.2 Å². The second-order valence-electron chi connectivity index (χ2n) is 6.77. The second kappa shape index (κ2) is 9.61. The molecule has 0 bridgehead atoms. The van der Waals surface area contributed by atoms with Gasteiger partial charge in [-0.2, -0.15) is 0 Å². The third kappa shape index (κ3) is 5.20. The predicted octanol–water partition coefficient (Wildman–Crippen LogP) is 6.12. The van der Waals surface area contributed by atoms with Crippen molar-refractivity contribution in [3.8, 4) is 22.6 Å². The first kappa shape index (κ1) is 22.3. The smallest absolute Gasteiger partial charge is 0.260 e. The summed E-state index contributed by atoms with van der Waals surface area (Å²) in [5.74, 6) is 0.341. The molecule has 0 aliphatic rings. The summed E-state index contributed by atoms with van der Waals surface area (Å²) < 4.78 is 5.61. The van der Waals surface area contributed by atoms with Crippen LogP contribution >= 0.6 is 34.8 Å². The van der Waals surface area contributed by atoms with Gasteiger partial charge in [0.1, 0.15) is 11.5 Å². The van der Waals surface area contributed by atoms with Gasteiger partial charge in [-0.3, -0.25) is 4.79 Å². The number of ether oxygens (including phenoxy) is 1. The molecule has 0 aliphatic carbocycles. The molecule has 156 valence electrons. The van der Waals surface area contributed by atoms with Crippen LogP contribution < -0.4 is 10.1 Å². The van der Waals surface area contributed by atoms with Gasteiger partial charge in [0.2, 0.25) is 0 Å². The molecule has 0 saturated heterocycles. The lowest BCUT2D eigenvalue weighted by molar-refractivity contribution is -0.126. The van der Waals surface area contributed by atoms with E-state index in [0.29, 0.717) is 32.8 Å². The number of phenols is 1. The molecule has 1 atom stereocenters. The summed E-state index contributed by atoms with van der Waals surface area (Å²) in [4.78, 5) is 11.7. The molecule has 0 heterocycles. The maximum Gasteiger partial charge on any atom is 0.260 e. The van der Waals surface area contributed by atoms with E-state index in [9.17, 15) is 9.90 Å². The van der Waals surface area contributed by atoms with Gasteiger partial charge in [-0.25, -0.2) is 0 Å². The minimum Gasteiger partial charge on any atom is -0.507 e. The number of hydrogen-bond acceptors (Lipinski definition) is 3. The fourth-order valence-electron chi connectivity index (χ4n) is 3.04. The number of aromatic hydroxyl groups is 1. The molecule has 30 heavy (non-hydrogen) atoms. The number of nitrogens with one attached hydrogen (secondary N) is 1. The van der Waals surface area contributed by atoms with E-state index in [0.717, 1.165) is 16.7 Å². The lowest BCUT2D eigenvalue weighted by Crippen LogP contribution is -2.33. The molecular formula is C23H20Cl3NO3. The topological polar surface area (TPSA) is 58.6 Å². The Morgan fingerprint density at radius 1 is 1.03 bits per heavy atom. The zero-order valence-electron chi connectivity index (χ0n) is 16.4. The SMILES string of the molecule is CNC(=O)[C@H](C)Oc1cc(Cl)c(Cc2ccc(O)c(-c3ccc(Cl)cc3)c2)c(Cl)c1. The van der Waals surface area contributed by atoms with E-state index in [2.05, 4.69) is 5.32 Å². The molecule has 3 aromatic carbocycles. The van der Waals surface area contributed by atoms with E-state index in [1.165, 1.54) is 0 Å². The normalized spacial score (nSPS) is 11.8. The number of carbonyl (C=O) groups excluding carboxylic acids is 1. The number of carbonyl (C=O) groups is 1. The fraction of sp³-hybridized carbons (Fsp3) is 0.174. The molecule has 3 aromatic rings. The zero-order valence-corrected chi connectivity index (χ0v) is 18.6. The van der Waals surface area contributed by atoms with Crippen LogP contribution in [0.2, 0.25) is 15.1 Å². The van der Waals surface area contributed by atoms with Crippen LogP contribution in [0.25, 0.3) is 11.1 Å². The quantitative estimate of drug-likeness (QED) is 0.462. The summed E-state index contributed by atoms with van der Waals surface area (Å²) in [5, 5.41) is 14.3. The summed E-state index contributed by atoms with van der Waals surface area (Å²) in [6.45, 7) is 1.64.